The maximum atomic E-state index is 12.5. The minimum absolute atomic E-state index is 0.107. The second kappa shape index (κ2) is 3.78. The molecule has 4 nitrogen and oxygen atoms in total. The number of Topliss-reactive ketones (excluding diaryl/α,β-unsaturated/α-hetero) is 2. The fourth-order valence-corrected chi connectivity index (χ4v) is 2.64. The molecule has 3 rings (SSSR count). The zero-order valence-corrected chi connectivity index (χ0v) is 10.8. The van der Waals surface area contributed by atoms with Crippen LogP contribution in [-0.4, -0.2) is 28.9 Å². The van der Waals surface area contributed by atoms with Gasteiger partial charge >= 0.3 is 0 Å². The van der Waals surface area contributed by atoms with E-state index in [0.717, 1.165) is 0 Å². The van der Waals surface area contributed by atoms with Crippen LogP contribution >= 0.6 is 0 Å². The first-order chi connectivity index (χ1) is 8.91. The quantitative estimate of drug-likeness (QED) is 0.833. The number of ether oxygens (including phenoxy) is 1. The summed E-state index contributed by atoms with van der Waals surface area (Å²) in [5, 5.41) is 10.1. The van der Waals surface area contributed by atoms with Gasteiger partial charge in [0, 0.05) is 11.1 Å². The molecule has 0 unspecified atom stereocenters. The Hall–Kier alpha value is -1.94. The number of benzene rings is 1. The van der Waals surface area contributed by atoms with E-state index in [4.69, 9.17) is 4.74 Å². The summed E-state index contributed by atoms with van der Waals surface area (Å²) >= 11 is 0. The van der Waals surface area contributed by atoms with Gasteiger partial charge in [-0.1, -0.05) is 24.3 Å². The van der Waals surface area contributed by atoms with E-state index in [0.29, 0.717) is 16.7 Å². The van der Waals surface area contributed by atoms with Crippen molar-refractivity contribution in [3.8, 4) is 0 Å². The average Bonchev–Trinajstić information content (AvgIpc) is 2.81. The molecular formula is C15H14O4. The number of carbonyl (C=O) groups is 2. The summed E-state index contributed by atoms with van der Waals surface area (Å²) in [6, 6.07) is 6.71. The lowest BCUT2D eigenvalue weighted by molar-refractivity contribution is 0.0163. The van der Waals surface area contributed by atoms with Gasteiger partial charge in [-0.25, -0.2) is 0 Å². The molecule has 0 bridgehead atoms. The molecule has 19 heavy (non-hydrogen) atoms. The van der Waals surface area contributed by atoms with Crippen LogP contribution < -0.4 is 0 Å². The molecule has 0 amide bonds. The van der Waals surface area contributed by atoms with Crippen molar-refractivity contribution in [3.63, 3.8) is 0 Å². The highest BCUT2D eigenvalue weighted by Gasteiger charge is 2.46. The second-order valence-corrected chi connectivity index (χ2v) is 5.46. The number of carbonyl (C=O) groups excluding carboxylic acids is 2. The number of rotatable bonds is 1. The minimum Gasteiger partial charge on any atom is -0.488 e. The summed E-state index contributed by atoms with van der Waals surface area (Å²) < 4.78 is 5.38. The fourth-order valence-electron chi connectivity index (χ4n) is 2.64. The van der Waals surface area contributed by atoms with Gasteiger partial charge < -0.3 is 9.84 Å². The third-order valence-corrected chi connectivity index (χ3v) is 3.71. The van der Waals surface area contributed by atoms with Crippen molar-refractivity contribution in [2.75, 3.05) is 6.61 Å². The first-order valence-corrected chi connectivity index (χ1v) is 6.19. The van der Waals surface area contributed by atoms with Crippen LogP contribution in [-0.2, 0) is 4.74 Å². The molecule has 1 atom stereocenters. The van der Waals surface area contributed by atoms with Gasteiger partial charge in [-0.3, -0.25) is 9.59 Å². The molecule has 0 saturated carbocycles. The Morgan fingerprint density at radius 1 is 1.16 bits per heavy atom. The van der Waals surface area contributed by atoms with Crippen LogP contribution in [0.4, 0.5) is 0 Å². The maximum Gasteiger partial charge on any atom is 0.228 e. The molecule has 0 aromatic heterocycles. The van der Waals surface area contributed by atoms with Crippen molar-refractivity contribution in [1.29, 1.82) is 0 Å². The Bertz CT molecular complexity index is 619. The van der Waals surface area contributed by atoms with Crippen LogP contribution in [0.2, 0.25) is 0 Å². The van der Waals surface area contributed by atoms with Crippen molar-refractivity contribution < 1.29 is 19.4 Å². The molecular weight excluding hydrogens is 244 g/mol. The van der Waals surface area contributed by atoms with Gasteiger partial charge in [-0.05, 0) is 13.8 Å². The normalized spacial score (nSPS) is 22.2. The van der Waals surface area contributed by atoms with Crippen LogP contribution in [0.15, 0.2) is 35.6 Å². The molecule has 1 heterocycles. The Kier molecular flexibility index (Phi) is 2.41. The minimum atomic E-state index is -1.10. The zero-order valence-electron chi connectivity index (χ0n) is 10.8. The van der Waals surface area contributed by atoms with E-state index in [1.165, 1.54) is 0 Å². The summed E-state index contributed by atoms with van der Waals surface area (Å²) in [6.07, 6.45) is 0. The Balaban J connectivity index is 2.17. The van der Waals surface area contributed by atoms with E-state index in [1.54, 1.807) is 38.1 Å². The number of fused-ring (bicyclic) bond motifs is 1. The standard InChI is InChI=1S/C15H14O4/c1-15(2,18)10-7-19-14-11(10)12(16)8-5-3-4-6-9(8)13(14)17/h3-6,10,18H,7H2,1-2H3/t10-/m0/s1. The summed E-state index contributed by atoms with van der Waals surface area (Å²) in [6.45, 7) is 3.41. The Morgan fingerprint density at radius 2 is 1.74 bits per heavy atom. The van der Waals surface area contributed by atoms with Gasteiger partial charge in [-0.15, -0.1) is 0 Å². The number of aliphatic hydroxyl groups is 1. The van der Waals surface area contributed by atoms with E-state index < -0.39 is 11.5 Å². The van der Waals surface area contributed by atoms with E-state index in [2.05, 4.69) is 0 Å². The van der Waals surface area contributed by atoms with Crippen molar-refractivity contribution in [3.05, 3.63) is 46.7 Å². The van der Waals surface area contributed by atoms with Crippen molar-refractivity contribution in [2.24, 2.45) is 5.92 Å². The summed E-state index contributed by atoms with van der Waals surface area (Å²) in [7, 11) is 0. The second-order valence-electron chi connectivity index (χ2n) is 5.46. The Labute approximate surface area is 110 Å². The highest BCUT2D eigenvalue weighted by Crippen LogP contribution is 2.40. The van der Waals surface area contributed by atoms with E-state index in [-0.39, 0.29) is 23.9 Å². The number of allylic oxidation sites excluding steroid dienone is 1. The molecule has 0 fully saturated rings. The number of ketones is 2. The lowest BCUT2D eigenvalue weighted by Crippen LogP contribution is -2.36. The highest BCUT2D eigenvalue weighted by atomic mass is 16.5. The third-order valence-electron chi connectivity index (χ3n) is 3.71. The SMILES string of the molecule is CC(C)(O)[C@H]1COC2=C1C(=O)c1ccccc1C2=O. The molecule has 4 heteroatoms. The molecule has 98 valence electrons. The maximum absolute atomic E-state index is 12.5. The van der Waals surface area contributed by atoms with Gasteiger partial charge in [0.1, 0.15) is 0 Å². The van der Waals surface area contributed by atoms with Crippen LogP contribution in [0, 0.1) is 5.92 Å². The third kappa shape index (κ3) is 1.64. The molecule has 1 aliphatic heterocycles. The monoisotopic (exact) mass is 258 g/mol. The fraction of sp³-hybridized carbons (Fsp3) is 0.333. The molecule has 1 aliphatic carbocycles. The van der Waals surface area contributed by atoms with E-state index >= 15 is 0 Å². The van der Waals surface area contributed by atoms with Gasteiger partial charge in [0.25, 0.3) is 0 Å². The largest absolute Gasteiger partial charge is 0.488 e. The lowest BCUT2D eigenvalue weighted by Gasteiger charge is -2.26. The first kappa shape index (κ1) is 12.1. The highest BCUT2D eigenvalue weighted by molar-refractivity contribution is 6.26. The number of hydrogen-bond donors (Lipinski definition) is 1. The molecule has 1 aromatic rings. The summed E-state index contributed by atoms with van der Waals surface area (Å²) in [5.74, 6) is -0.838. The van der Waals surface area contributed by atoms with E-state index in [1.807, 2.05) is 0 Å². The van der Waals surface area contributed by atoms with Crippen LogP contribution in [0.1, 0.15) is 34.6 Å². The zero-order chi connectivity index (χ0) is 13.8. The van der Waals surface area contributed by atoms with Crippen LogP contribution in [0.5, 0.6) is 0 Å². The van der Waals surface area contributed by atoms with Crippen LogP contribution in [0.3, 0.4) is 0 Å². The molecule has 0 saturated heterocycles. The molecule has 1 N–H and O–H groups in total. The van der Waals surface area contributed by atoms with Gasteiger partial charge in [0.05, 0.1) is 23.7 Å². The van der Waals surface area contributed by atoms with E-state index in [9.17, 15) is 14.7 Å². The van der Waals surface area contributed by atoms with Crippen molar-refractivity contribution in [2.45, 2.75) is 19.4 Å². The average molecular weight is 258 g/mol. The van der Waals surface area contributed by atoms with Crippen molar-refractivity contribution >= 4 is 11.6 Å². The smallest absolute Gasteiger partial charge is 0.228 e. The predicted octanol–water partition coefficient (Wildman–Crippen LogP) is 1.74. The topological polar surface area (TPSA) is 63.6 Å². The van der Waals surface area contributed by atoms with Gasteiger partial charge in [-0.2, -0.15) is 0 Å². The lowest BCUT2D eigenvalue weighted by atomic mass is 9.78. The van der Waals surface area contributed by atoms with Crippen LogP contribution in [0.25, 0.3) is 0 Å². The van der Waals surface area contributed by atoms with Gasteiger partial charge in [0.2, 0.25) is 5.78 Å². The molecule has 1 aromatic carbocycles. The number of hydrogen-bond acceptors (Lipinski definition) is 4. The summed E-state index contributed by atoms with van der Waals surface area (Å²) in [4.78, 5) is 24.8. The molecule has 0 spiro atoms. The molecule has 2 aliphatic rings. The first-order valence-electron chi connectivity index (χ1n) is 6.19. The summed E-state index contributed by atoms with van der Waals surface area (Å²) in [5.41, 5.74) is -0.0101. The van der Waals surface area contributed by atoms with Gasteiger partial charge in [0.15, 0.2) is 11.5 Å². The van der Waals surface area contributed by atoms with Crippen molar-refractivity contribution in [1.82, 2.24) is 0 Å². The Morgan fingerprint density at radius 3 is 2.32 bits per heavy atom. The molecule has 0 radical (unpaired) electrons. The predicted molar refractivity (Wildman–Crippen MR) is 67.9 cm³/mol.